The highest BCUT2D eigenvalue weighted by atomic mass is 79.9. The van der Waals surface area contributed by atoms with Crippen LogP contribution in [0.4, 0.5) is 17.3 Å². The zero-order valence-corrected chi connectivity index (χ0v) is 12.5. The lowest BCUT2D eigenvalue weighted by atomic mass is 10.1. The highest BCUT2D eigenvalue weighted by molar-refractivity contribution is 9.10. The molecule has 5 nitrogen and oxygen atoms in total. The first-order chi connectivity index (χ1) is 9.12. The van der Waals surface area contributed by atoms with Crippen molar-refractivity contribution in [3.63, 3.8) is 0 Å². The summed E-state index contributed by atoms with van der Waals surface area (Å²) >= 11 is 3.48. The third-order valence-electron chi connectivity index (χ3n) is 2.70. The van der Waals surface area contributed by atoms with Gasteiger partial charge < -0.3 is 10.7 Å². The zero-order chi connectivity index (χ0) is 13.8. The van der Waals surface area contributed by atoms with Crippen LogP contribution in [-0.2, 0) is 6.42 Å². The molecule has 2 aromatic rings. The van der Waals surface area contributed by atoms with Gasteiger partial charge in [0.15, 0.2) is 0 Å². The van der Waals surface area contributed by atoms with Gasteiger partial charge in [0.05, 0.1) is 0 Å². The van der Waals surface area contributed by atoms with Gasteiger partial charge in [-0.3, -0.25) is 0 Å². The fourth-order valence-electron chi connectivity index (χ4n) is 1.82. The number of rotatable bonds is 4. The lowest BCUT2D eigenvalue weighted by molar-refractivity contribution is 1.04. The highest BCUT2D eigenvalue weighted by Gasteiger charge is 2.05. The van der Waals surface area contributed by atoms with E-state index < -0.39 is 0 Å². The average molecular weight is 322 g/mol. The van der Waals surface area contributed by atoms with Gasteiger partial charge >= 0.3 is 0 Å². The number of aromatic nitrogens is 2. The van der Waals surface area contributed by atoms with Gasteiger partial charge in [-0.05, 0) is 37.1 Å². The fourth-order valence-corrected chi connectivity index (χ4v) is 2.23. The van der Waals surface area contributed by atoms with Crippen LogP contribution in [-0.4, -0.2) is 9.97 Å². The Hall–Kier alpha value is -1.66. The van der Waals surface area contributed by atoms with Gasteiger partial charge in [-0.15, -0.1) is 0 Å². The normalized spacial score (nSPS) is 10.3. The summed E-state index contributed by atoms with van der Waals surface area (Å²) in [6.45, 7) is 3.94. The number of hydrogen-bond acceptors (Lipinski definition) is 5. The van der Waals surface area contributed by atoms with Crippen LogP contribution in [0.2, 0.25) is 0 Å². The zero-order valence-electron chi connectivity index (χ0n) is 10.9. The van der Waals surface area contributed by atoms with Crippen LogP contribution in [0.15, 0.2) is 28.7 Å². The molecule has 1 aromatic heterocycles. The molecule has 0 unspecified atom stereocenters. The first kappa shape index (κ1) is 13.8. The molecule has 19 heavy (non-hydrogen) atoms. The SMILES string of the molecule is CCc1cc(Br)ccc1Nc1cc(NN)nc(C)n1. The molecular formula is C13H16BrN5. The monoisotopic (exact) mass is 321 g/mol. The van der Waals surface area contributed by atoms with Crippen molar-refractivity contribution in [2.24, 2.45) is 5.84 Å². The van der Waals surface area contributed by atoms with E-state index in [9.17, 15) is 0 Å². The number of aryl methyl sites for hydroxylation is 2. The Morgan fingerprint density at radius 1 is 1.21 bits per heavy atom. The Kier molecular flexibility index (Phi) is 4.34. The minimum atomic E-state index is 0.588. The van der Waals surface area contributed by atoms with Gasteiger partial charge in [-0.2, -0.15) is 0 Å². The van der Waals surface area contributed by atoms with Gasteiger partial charge in [-0.1, -0.05) is 22.9 Å². The number of nitrogens with two attached hydrogens (primary N) is 1. The molecule has 6 heteroatoms. The molecule has 2 rings (SSSR count). The molecule has 0 spiro atoms. The number of nitrogens with zero attached hydrogens (tertiary/aromatic N) is 2. The maximum absolute atomic E-state index is 5.38. The second-order valence-corrected chi connectivity index (χ2v) is 5.03. The lowest BCUT2D eigenvalue weighted by Gasteiger charge is -2.12. The number of halogens is 1. The largest absolute Gasteiger partial charge is 0.340 e. The van der Waals surface area contributed by atoms with Crippen LogP contribution in [0, 0.1) is 6.92 Å². The Bertz CT molecular complexity index is 585. The summed E-state index contributed by atoms with van der Waals surface area (Å²) < 4.78 is 1.07. The van der Waals surface area contributed by atoms with Crippen molar-refractivity contribution < 1.29 is 0 Å². The first-order valence-corrected chi connectivity index (χ1v) is 6.79. The minimum absolute atomic E-state index is 0.588. The summed E-state index contributed by atoms with van der Waals surface area (Å²) in [5.41, 5.74) is 4.78. The molecule has 0 bridgehead atoms. The molecule has 0 aliphatic rings. The number of nitrogen functional groups attached to an aromatic ring is 1. The molecule has 0 saturated carbocycles. The standard InChI is InChI=1S/C13H16BrN5/c1-3-9-6-10(14)4-5-11(9)18-12-7-13(19-15)17-8(2)16-12/h4-7H,3,15H2,1-2H3,(H2,16,17,18,19). The summed E-state index contributed by atoms with van der Waals surface area (Å²) in [5.74, 6) is 7.35. The molecule has 0 amide bonds. The molecule has 0 radical (unpaired) electrons. The molecule has 0 aliphatic carbocycles. The van der Waals surface area contributed by atoms with Crippen molar-refractivity contribution in [1.82, 2.24) is 9.97 Å². The minimum Gasteiger partial charge on any atom is -0.340 e. The molecule has 0 aliphatic heterocycles. The van der Waals surface area contributed by atoms with E-state index in [1.165, 1.54) is 5.56 Å². The fraction of sp³-hybridized carbons (Fsp3) is 0.231. The Morgan fingerprint density at radius 2 is 1.95 bits per heavy atom. The van der Waals surface area contributed by atoms with Crippen molar-refractivity contribution in [2.75, 3.05) is 10.7 Å². The summed E-state index contributed by atoms with van der Waals surface area (Å²) in [6, 6.07) is 7.89. The van der Waals surface area contributed by atoms with Crippen molar-refractivity contribution in [2.45, 2.75) is 20.3 Å². The van der Waals surface area contributed by atoms with E-state index in [4.69, 9.17) is 5.84 Å². The van der Waals surface area contributed by atoms with E-state index in [-0.39, 0.29) is 0 Å². The van der Waals surface area contributed by atoms with E-state index in [0.717, 1.165) is 22.4 Å². The number of benzene rings is 1. The van der Waals surface area contributed by atoms with E-state index in [1.807, 2.05) is 19.1 Å². The second-order valence-electron chi connectivity index (χ2n) is 4.11. The predicted octanol–water partition coefficient (Wildman–Crippen LogP) is 3.14. The van der Waals surface area contributed by atoms with Gasteiger partial charge in [0.25, 0.3) is 0 Å². The number of anilines is 3. The van der Waals surface area contributed by atoms with Gasteiger partial charge in [0.2, 0.25) is 0 Å². The summed E-state index contributed by atoms with van der Waals surface area (Å²) in [6.07, 6.45) is 0.938. The third kappa shape index (κ3) is 3.42. The number of hydrogen-bond donors (Lipinski definition) is 3. The van der Waals surface area contributed by atoms with Crippen LogP contribution in [0.1, 0.15) is 18.3 Å². The highest BCUT2D eigenvalue weighted by Crippen LogP contribution is 2.25. The third-order valence-corrected chi connectivity index (χ3v) is 3.19. The average Bonchev–Trinajstić information content (AvgIpc) is 2.40. The maximum atomic E-state index is 5.38. The van der Waals surface area contributed by atoms with Crippen molar-refractivity contribution in [1.29, 1.82) is 0 Å². The topological polar surface area (TPSA) is 75.9 Å². The van der Waals surface area contributed by atoms with Crippen LogP contribution < -0.4 is 16.6 Å². The Morgan fingerprint density at radius 3 is 2.63 bits per heavy atom. The first-order valence-electron chi connectivity index (χ1n) is 6.00. The molecule has 4 N–H and O–H groups in total. The molecule has 1 aromatic carbocycles. The second kappa shape index (κ2) is 5.99. The van der Waals surface area contributed by atoms with Crippen LogP contribution in [0.25, 0.3) is 0 Å². The van der Waals surface area contributed by atoms with Crippen LogP contribution in [0.5, 0.6) is 0 Å². The molecule has 100 valence electrons. The number of nitrogens with one attached hydrogen (secondary N) is 2. The Labute approximate surface area is 120 Å². The van der Waals surface area contributed by atoms with E-state index in [0.29, 0.717) is 11.6 Å². The van der Waals surface area contributed by atoms with Gasteiger partial charge in [-0.25, -0.2) is 15.8 Å². The summed E-state index contributed by atoms with van der Waals surface area (Å²) in [7, 11) is 0. The van der Waals surface area contributed by atoms with E-state index >= 15 is 0 Å². The summed E-state index contributed by atoms with van der Waals surface area (Å²) in [5, 5.41) is 3.30. The summed E-state index contributed by atoms with van der Waals surface area (Å²) in [4.78, 5) is 8.50. The van der Waals surface area contributed by atoms with Crippen LogP contribution in [0.3, 0.4) is 0 Å². The molecule has 1 heterocycles. The molecular weight excluding hydrogens is 306 g/mol. The van der Waals surface area contributed by atoms with Crippen molar-refractivity contribution in [3.05, 3.63) is 40.1 Å². The number of hydrazine groups is 1. The lowest BCUT2D eigenvalue weighted by Crippen LogP contribution is -2.10. The van der Waals surface area contributed by atoms with E-state index in [2.05, 4.69) is 49.6 Å². The molecule has 0 fully saturated rings. The quantitative estimate of drug-likeness (QED) is 0.595. The van der Waals surface area contributed by atoms with E-state index in [1.54, 1.807) is 6.07 Å². The smallest absolute Gasteiger partial charge is 0.145 e. The Balaban J connectivity index is 2.33. The van der Waals surface area contributed by atoms with Crippen molar-refractivity contribution >= 4 is 33.3 Å². The van der Waals surface area contributed by atoms with Gasteiger partial charge in [0.1, 0.15) is 17.5 Å². The maximum Gasteiger partial charge on any atom is 0.145 e. The predicted molar refractivity (Wildman–Crippen MR) is 81.4 cm³/mol. The molecule has 0 atom stereocenters. The van der Waals surface area contributed by atoms with Crippen LogP contribution >= 0.6 is 15.9 Å². The van der Waals surface area contributed by atoms with Gasteiger partial charge in [0, 0.05) is 16.2 Å². The van der Waals surface area contributed by atoms with Crippen molar-refractivity contribution in [3.8, 4) is 0 Å². The molecule has 0 saturated heterocycles.